The Balaban J connectivity index is 1.80. The third-order valence-corrected chi connectivity index (χ3v) is 7.05. The highest BCUT2D eigenvalue weighted by molar-refractivity contribution is 6.38. The van der Waals surface area contributed by atoms with Crippen LogP contribution >= 0.6 is 11.6 Å². The van der Waals surface area contributed by atoms with Crippen molar-refractivity contribution >= 4 is 40.0 Å². The maximum atomic E-state index is 15.3. The van der Waals surface area contributed by atoms with Gasteiger partial charge in [-0.2, -0.15) is 0 Å². The molecule has 0 bridgehead atoms. The van der Waals surface area contributed by atoms with Crippen molar-refractivity contribution < 1.29 is 28.2 Å². The average Bonchev–Trinajstić information content (AvgIpc) is 3.33. The molecule has 2 aliphatic rings. The predicted octanol–water partition coefficient (Wildman–Crippen LogP) is 2.94. The molecule has 1 saturated carbocycles. The summed E-state index contributed by atoms with van der Waals surface area (Å²) in [4.78, 5) is 29.8. The normalized spacial score (nSPS) is 21.9. The van der Waals surface area contributed by atoms with Crippen LogP contribution in [0.2, 0.25) is 5.02 Å². The molecule has 5 rings (SSSR count). The highest BCUT2D eigenvalue weighted by Gasteiger charge is 2.43. The van der Waals surface area contributed by atoms with Crippen LogP contribution in [0.1, 0.15) is 23.2 Å². The van der Waals surface area contributed by atoms with Gasteiger partial charge < -0.3 is 20.8 Å². The zero-order valence-electron chi connectivity index (χ0n) is 17.4. The Labute approximate surface area is 195 Å². The van der Waals surface area contributed by atoms with Gasteiger partial charge in [-0.3, -0.25) is 9.36 Å². The molecule has 34 heavy (non-hydrogen) atoms. The van der Waals surface area contributed by atoms with E-state index in [4.69, 9.17) is 17.3 Å². The second-order valence-electron chi connectivity index (χ2n) is 8.60. The number of hydrogen-bond donors (Lipinski definition) is 3. The van der Waals surface area contributed by atoms with E-state index in [1.54, 1.807) is 4.90 Å². The van der Waals surface area contributed by atoms with Crippen molar-refractivity contribution in [3.63, 3.8) is 0 Å². The minimum Gasteiger partial charge on any atom is -0.477 e. The number of nitrogen functional groups attached to an aromatic ring is 1. The Kier molecular flexibility index (Phi) is 5.21. The van der Waals surface area contributed by atoms with Gasteiger partial charge in [0.25, 0.3) is 0 Å². The van der Waals surface area contributed by atoms with Gasteiger partial charge >= 0.3 is 5.97 Å². The summed E-state index contributed by atoms with van der Waals surface area (Å²) < 4.78 is 44.6. The third-order valence-electron chi connectivity index (χ3n) is 6.69. The van der Waals surface area contributed by atoms with Gasteiger partial charge in [-0.05, 0) is 24.8 Å². The SMILES string of the molecule is Nc1nc(-n2cc(C(=O)O)c(=O)c3cc(F)c(N4CC5CCC(O)C5C4)c(Cl)c32)c(F)cc1F. The van der Waals surface area contributed by atoms with Crippen molar-refractivity contribution in [3.8, 4) is 5.82 Å². The van der Waals surface area contributed by atoms with Crippen molar-refractivity contribution in [1.29, 1.82) is 0 Å². The Morgan fingerprint density at radius 1 is 1.15 bits per heavy atom. The molecule has 12 heteroatoms. The number of fused-ring (bicyclic) bond motifs is 2. The molecule has 3 aromatic rings. The van der Waals surface area contributed by atoms with Gasteiger partial charge in [-0.25, -0.2) is 22.9 Å². The zero-order chi connectivity index (χ0) is 24.5. The van der Waals surface area contributed by atoms with Crippen molar-refractivity contribution in [1.82, 2.24) is 9.55 Å². The minimum absolute atomic E-state index is 0.0671. The monoisotopic (exact) mass is 494 g/mol. The molecule has 1 aliphatic heterocycles. The number of aliphatic hydroxyl groups is 1. The average molecular weight is 495 g/mol. The van der Waals surface area contributed by atoms with Gasteiger partial charge in [0.2, 0.25) is 5.43 Å². The molecule has 3 atom stereocenters. The fraction of sp³-hybridized carbons (Fsp3) is 0.318. The summed E-state index contributed by atoms with van der Waals surface area (Å²) in [6.07, 6.45) is 1.71. The van der Waals surface area contributed by atoms with Crippen LogP contribution in [0.4, 0.5) is 24.7 Å². The van der Waals surface area contributed by atoms with Crippen LogP contribution in [-0.2, 0) is 0 Å². The zero-order valence-corrected chi connectivity index (χ0v) is 18.2. The molecule has 8 nitrogen and oxygen atoms in total. The van der Waals surface area contributed by atoms with E-state index in [0.717, 1.165) is 23.3 Å². The number of halogens is 4. The summed E-state index contributed by atoms with van der Waals surface area (Å²) in [7, 11) is 0. The third kappa shape index (κ3) is 3.30. The largest absolute Gasteiger partial charge is 0.477 e. The molecule has 1 aliphatic carbocycles. The van der Waals surface area contributed by atoms with Crippen molar-refractivity contribution in [3.05, 3.63) is 56.6 Å². The number of carboxylic acid groups (broad SMARTS) is 1. The van der Waals surface area contributed by atoms with Crippen molar-refractivity contribution in [2.45, 2.75) is 18.9 Å². The van der Waals surface area contributed by atoms with Gasteiger partial charge in [-0.1, -0.05) is 11.6 Å². The quantitative estimate of drug-likeness (QED) is 0.511. The second kappa shape index (κ2) is 7.88. The Bertz CT molecular complexity index is 1430. The summed E-state index contributed by atoms with van der Waals surface area (Å²) in [5.41, 5.74) is 3.39. The van der Waals surface area contributed by atoms with E-state index in [1.807, 2.05) is 0 Å². The maximum Gasteiger partial charge on any atom is 0.341 e. The first-order valence-corrected chi connectivity index (χ1v) is 10.8. The summed E-state index contributed by atoms with van der Waals surface area (Å²) in [6, 6.07) is 1.31. The summed E-state index contributed by atoms with van der Waals surface area (Å²) in [6.45, 7) is 0.735. The Hall–Kier alpha value is -3.31. The minimum atomic E-state index is -1.64. The molecule has 178 valence electrons. The van der Waals surface area contributed by atoms with E-state index in [9.17, 15) is 28.6 Å². The van der Waals surface area contributed by atoms with Crippen LogP contribution in [0.25, 0.3) is 16.7 Å². The number of rotatable bonds is 3. The van der Waals surface area contributed by atoms with Gasteiger partial charge in [0.05, 0.1) is 27.7 Å². The molecule has 3 heterocycles. The number of carbonyl (C=O) groups is 1. The van der Waals surface area contributed by atoms with E-state index in [2.05, 4.69) is 4.98 Å². The molecule has 2 aromatic heterocycles. The molecule has 0 radical (unpaired) electrons. The van der Waals surface area contributed by atoms with Gasteiger partial charge in [0.15, 0.2) is 23.3 Å². The lowest BCUT2D eigenvalue weighted by molar-refractivity contribution is 0.0695. The highest BCUT2D eigenvalue weighted by atomic mass is 35.5. The van der Waals surface area contributed by atoms with Crippen LogP contribution in [0.5, 0.6) is 0 Å². The Morgan fingerprint density at radius 2 is 1.88 bits per heavy atom. The topological polar surface area (TPSA) is 122 Å². The molecule has 1 saturated heterocycles. The van der Waals surface area contributed by atoms with Crippen LogP contribution in [0.3, 0.4) is 0 Å². The van der Waals surface area contributed by atoms with Crippen LogP contribution in [-0.4, -0.2) is 44.9 Å². The molecule has 2 fully saturated rings. The Morgan fingerprint density at radius 3 is 2.56 bits per heavy atom. The number of anilines is 2. The molecule has 0 spiro atoms. The van der Waals surface area contributed by atoms with Gasteiger partial charge in [0.1, 0.15) is 11.4 Å². The van der Waals surface area contributed by atoms with E-state index >= 15 is 4.39 Å². The van der Waals surface area contributed by atoms with E-state index in [-0.39, 0.29) is 28.1 Å². The first-order valence-electron chi connectivity index (χ1n) is 10.4. The smallest absolute Gasteiger partial charge is 0.341 e. The summed E-state index contributed by atoms with van der Waals surface area (Å²) in [5, 5.41) is 19.0. The van der Waals surface area contributed by atoms with Gasteiger partial charge in [-0.15, -0.1) is 0 Å². The number of aliphatic hydroxyl groups excluding tert-OH is 1. The van der Waals surface area contributed by atoms with E-state index in [1.165, 1.54) is 0 Å². The molecular formula is C22H18ClF3N4O4. The molecule has 4 N–H and O–H groups in total. The van der Waals surface area contributed by atoms with Gasteiger partial charge in [0, 0.05) is 31.3 Å². The maximum absolute atomic E-state index is 15.3. The van der Waals surface area contributed by atoms with Crippen LogP contribution in [0, 0.1) is 29.3 Å². The summed E-state index contributed by atoms with van der Waals surface area (Å²) in [5.74, 6) is -6.06. The number of pyridine rings is 2. The van der Waals surface area contributed by atoms with Crippen molar-refractivity contribution in [2.24, 2.45) is 11.8 Å². The lowest BCUT2D eigenvalue weighted by atomic mass is 10.00. The molecule has 1 aromatic carbocycles. The number of nitrogens with two attached hydrogens (primary N) is 1. The number of aromatic nitrogens is 2. The first-order chi connectivity index (χ1) is 16.1. The lowest BCUT2D eigenvalue weighted by Crippen LogP contribution is -2.26. The number of hydrogen-bond acceptors (Lipinski definition) is 6. The fourth-order valence-electron chi connectivity index (χ4n) is 5.07. The number of aromatic carboxylic acids is 1. The fourth-order valence-corrected chi connectivity index (χ4v) is 5.48. The van der Waals surface area contributed by atoms with E-state index < -0.39 is 57.5 Å². The molecule has 3 unspecified atom stereocenters. The van der Waals surface area contributed by atoms with Crippen LogP contribution < -0.4 is 16.1 Å². The highest BCUT2D eigenvalue weighted by Crippen LogP contribution is 2.44. The van der Waals surface area contributed by atoms with E-state index in [0.29, 0.717) is 25.6 Å². The lowest BCUT2D eigenvalue weighted by Gasteiger charge is -2.24. The predicted molar refractivity (Wildman–Crippen MR) is 118 cm³/mol. The standard InChI is InChI=1S/C22H18ClF3N4O4/c23-16-17-9(3-12(24)18(16)29-5-8-1-2-15(31)10(8)6-29)19(32)11(22(33)34)7-30(17)21-14(26)4-13(25)20(27)28-21/h3-4,7-8,10,15,31H,1-2,5-6H2,(H2,27,28)(H,33,34). The second-order valence-corrected chi connectivity index (χ2v) is 8.98. The first kappa shape index (κ1) is 22.5. The molecule has 0 amide bonds. The van der Waals surface area contributed by atoms with Crippen molar-refractivity contribution in [2.75, 3.05) is 23.7 Å². The molecular weight excluding hydrogens is 477 g/mol. The van der Waals surface area contributed by atoms with Crippen LogP contribution in [0.15, 0.2) is 23.1 Å². The summed E-state index contributed by atoms with van der Waals surface area (Å²) >= 11 is 6.60. The number of benzene rings is 1. The number of carboxylic acids is 1. The number of nitrogens with zero attached hydrogens (tertiary/aromatic N) is 3.